The van der Waals surface area contributed by atoms with E-state index in [-0.39, 0.29) is 24.6 Å². The minimum absolute atomic E-state index is 0.0602. The van der Waals surface area contributed by atoms with E-state index in [0.29, 0.717) is 13.0 Å². The zero-order chi connectivity index (χ0) is 15.8. The van der Waals surface area contributed by atoms with Gasteiger partial charge in [0.05, 0.1) is 15.4 Å². The molecule has 2 rings (SSSR count). The van der Waals surface area contributed by atoms with Crippen LogP contribution in [0.1, 0.15) is 12.0 Å². The Kier molecular flexibility index (Phi) is 4.26. The van der Waals surface area contributed by atoms with Gasteiger partial charge < -0.3 is 5.73 Å². The lowest BCUT2D eigenvalue weighted by Crippen LogP contribution is -2.30. The Morgan fingerprint density at radius 2 is 2.19 bits per heavy atom. The number of nitrogens with two attached hydrogens (primary N) is 1. The first-order valence-corrected chi connectivity index (χ1v) is 7.86. The molecule has 21 heavy (non-hydrogen) atoms. The number of nitro groups is 1. The molecule has 0 aliphatic carbocycles. The summed E-state index contributed by atoms with van der Waals surface area (Å²) >= 11 is 0. The summed E-state index contributed by atoms with van der Waals surface area (Å²) in [6.07, 6.45) is 0.631. The van der Waals surface area contributed by atoms with E-state index in [1.54, 1.807) is 0 Å². The van der Waals surface area contributed by atoms with Crippen LogP contribution in [0.2, 0.25) is 0 Å². The molecule has 9 heteroatoms. The molecule has 1 atom stereocenters. The maximum atomic E-state index is 13.8. The normalized spacial score (nSPS) is 19.9. The van der Waals surface area contributed by atoms with Crippen LogP contribution in [-0.4, -0.2) is 37.3 Å². The first kappa shape index (κ1) is 15.8. The summed E-state index contributed by atoms with van der Waals surface area (Å²) in [4.78, 5) is 9.71. The molecule has 0 saturated carbocycles. The minimum Gasteiger partial charge on any atom is -0.330 e. The molecule has 0 bridgehead atoms. The van der Waals surface area contributed by atoms with Crippen molar-refractivity contribution in [2.75, 3.05) is 19.6 Å². The third-order valence-corrected chi connectivity index (χ3v) is 5.55. The summed E-state index contributed by atoms with van der Waals surface area (Å²) in [5.41, 5.74) is 4.80. The molecule has 0 aromatic heterocycles. The van der Waals surface area contributed by atoms with E-state index in [9.17, 15) is 22.9 Å². The lowest BCUT2D eigenvalue weighted by Gasteiger charge is -2.16. The fourth-order valence-electron chi connectivity index (χ4n) is 2.34. The Balaban J connectivity index is 2.44. The van der Waals surface area contributed by atoms with Crippen molar-refractivity contribution in [3.63, 3.8) is 0 Å². The summed E-state index contributed by atoms with van der Waals surface area (Å²) in [6, 6.07) is 1.73. The van der Waals surface area contributed by atoms with Gasteiger partial charge in [-0.2, -0.15) is 4.31 Å². The predicted molar refractivity (Wildman–Crippen MR) is 73.7 cm³/mol. The van der Waals surface area contributed by atoms with Crippen molar-refractivity contribution in [3.8, 4) is 0 Å². The molecule has 2 N–H and O–H groups in total. The van der Waals surface area contributed by atoms with Crippen LogP contribution in [-0.2, 0) is 10.0 Å². The molecule has 1 aliphatic heterocycles. The van der Waals surface area contributed by atoms with Gasteiger partial charge in [-0.05, 0) is 31.9 Å². The van der Waals surface area contributed by atoms with Crippen molar-refractivity contribution >= 4 is 15.7 Å². The highest BCUT2D eigenvalue weighted by Crippen LogP contribution is 2.29. The zero-order valence-electron chi connectivity index (χ0n) is 11.5. The number of nitro benzene ring substituents is 1. The van der Waals surface area contributed by atoms with E-state index >= 15 is 0 Å². The summed E-state index contributed by atoms with van der Waals surface area (Å²) in [6.45, 7) is 2.15. The smallest absolute Gasteiger partial charge is 0.276 e. The van der Waals surface area contributed by atoms with Crippen molar-refractivity contribution in [1.82, 2.24) is 4.31 Å². The van der Waals surface area contributed by atoms with Crippen molar-refractivity contribution in [3.05, 3.63) is 33.6 Å². The van der Waals surface area contributed by atoms with Crippen LogP contribution >= 0.6 is 0 Å². The van der Waals surface area contributed by atoms with Crippen molar-refractivity contribution in [2.24, 2.45) is 11.7 Å². The number of sulfonamides is 1. The van der Waals surface area contributed by atoms with E-state index in [0.717, 1.165) is 12.1 Å². The fourth-order valence-corrected chi connectivity index (χ4v) is 3.90. The summed E-state index contributed by atoms with van der Waals surface area (Å²) < 4.78 is 39.8. The second-order valence-corrected chi connectivity index (χ2v) is 7.00. The molecule has 1 aromatic carbocycles. The average molecular weight is 317 g/mol. The first-order valence-electron chi connectivity index (χ1n) is 6.42. The lowest BCUT2D eigenvalue weighted by atomic mass is 10.1. The Hall–Kier alpha value is -1.58. The monoisotopic (exact) mass is 317 g/mol. The van der Waals surface area contributed by atoms with Gasteiger partial charge in [-0.15, -0.1) is 0 Å². The van der Waals surface area contributed by atoms with Gasteiger partial charge in [-0.25, -0.2) is 12.8 Å². The van der Waals surface area contributed by atoms with Crippen LogP contribution < -0.4 is 5.73 Å². The second kappa shape index (κ2) is 5.66. The molecular weight excluding hydrogens is 301 g/mol. The third-order valence-electron chi connectivity index (χ3n) is 3.71. The predicted octanol–water partition coefficient (Wildman–Crippen LogP) is 1.01. The standard InChI is InChI=1S/C12H16FN3O4S/c1-8-11(13)4-10(5-12(8)16(17)18)21(19,20)15-3-2-9(6-14)7-15/h4-5,9H,2-3,6-7,14H2,1H3. The molecule has 116 valence electrons. The van der Waals surface area contributed by atoms with E-state index < -0.39 is 31.3 Å². The summed E-state index contributed by atoms with van der Waals surface area (Å²) in [5, 5.41) is 10.9. The van der Waals surface area contributed by atoms with Gasteiger partial charge in [0.25, 0.3) is 5.69 Å². The van der Waals surface area contributed by atoms with Gasteiger partial charge in [0.2, 0.25) is 10.0 Å². The third kappa shape index (κ3) is 2.89. The van der Waals surface area contributed by atoms with E-state index in [4.69, 9.17) is 5.73 Å². The Morgan fingerprint density at radius 1 is 1.52 bits per heavy atom. The molecule has 1 aromatic rings. The van der Waals surface area contributed by atoms with Crippen LogP contribution in [0.3, 0.4) is 0 Å². The maximum absolute atomic E-state index is 13.8. The van der Waals surface area contributed by atoms with E-state index in [2.05, 4.69) is 0 Å². The number of hydrogen-bond acceptors (Lipinski definition) is 5. The van der Waals surface area contributed by atoms with Gasteiger partial charge in [-0.1, -0.05) is 0 Å². The largest absolute Gasteiger partial charge is 0.330 e. The van der Waals surface area contributed by atoms with Crippen molar-refractivity contribution in [1.29, 1.82) is 0 Å². The van der Waals surface area contributed by atoms with Crippen molar-refractivity contribution < 1.29 is 17.7 Å². The number of rotatable bonds is 4. The maximum Gasteiger partial charge on any atom is 0.276 e. The van der Waals surface area contributed by atoms with Crippen LogP contribution in [0.5, 0.6) is 0 Å². The quantitative estimate of drug-likeness (QED) is 0.659. The molecule has 1 aliphatic rings. The Morgan fingerprint density at radius 3 is 2.71 bits per heavy atom. The molecule has 1 heterocycles. The van der Waals surface area contributed by atoms with E-state index in [1.165, 1.54) is 11.2 Å². The van der Waals surface area contributed by atoms with Gasteiger partial charge >= 0.3 is 0 Å². The van der Waals surface area contributed by atoms with Crippen LogP contribution in [0, 0.1) is 28.8 Å². The van der Waals surface area contributed by atoms with Gasteiger partial charge in [0, 0.05) is 19.2 Å². The second-order valence-electron chi connectivity index (χ2n) is 5.06. The van der Waals surface area contributed by atoms with Crippen LogP contribution in [0.4, 0.5) is 10.1 Å². The highest BCUT2D eigenvalue weighted by Gasteiger charge is 2.33. The first-order chi connectivity index (χ1) is 9.77. The fraction of sp³-hybridized carbons (Fsp3) is 0.500. The number of nitrogens with zero attached hydrogens (tertiary/aromatic N) is 2. The lowest BCUT2D eigenvalue weighted by molar-refractivity contribution is -0.385. The van der Waals surface area contributed by atoms with Crippen LogP contribution in [0.15, 0.2) is 17.0 Å². The van der Waals surface area contributed by atoms with Crippen LogP contribution in [0.25, 0.3) is 0 Å². The number of benzene rings is 1. The number of hydrogen-bond donors (Lipinski definition) is 1. The van der Waals surface area contributed by atoms with Gasteiger partial charge in [-0.3, -0.25) is 10.1 Å². The molecule has 0 radical (unpaired) electrons. The zero-order valence-corrected chi connectivity index (χ0v) is 12.3. The molecule has 7 nitrogen and oxygen atoms in total. The molecule has 1 fully saturated rings. The molecular formula is C12H16FN3O4S. The summed E-state index contributed by atoms with van der Waals surface area (Å²) in [5.74, 6) is -0.845. The Labute approximate surface area is 121 Å². The number of halogens is 1. The SMILES string of the molecule is Cc1c(F)cc(S(=O)(=O)N2CCC(CN)C2)cc1[N+](=O)[O-]. The highest BCUT2D eigenvalue weighted by molar-refractivity contribution is 7.89. The molecule has 0 amide bonds. The minimum atomic E-state index is -3.94. The molecule has 1 saturated heterocycles. The van der Waals surface area contributed by atoms with E-state index in [1.807, 2.05) is 0 Å². The topological polar surface area (TPSA) is 107 Å². The van der Waals surface area contributed by atoms with Gasteiger partial charge in [0.15, 0.2) is 0 Å². The molecule has 0 spiro atoms. The average Bonchev–Trinajstić information content (AvgIpc) is 2.90. The van der Waals surface area contributed by atoms with Gasteiger partial charge in [0.1, 0.15) is 5.82 Å². The Bertz CT molecular complexity index is 677. The molecule has 1 unspecified atom stereocenters. The highest BCUT2D eigenvalue weighted by atomic mass is 32.2. The summed E-state index contributed by atoms with van der Waals surface area (Å²) in [7, 11) is -3.94. The van der Waals surface area contributed by atoms with Crippen molar-refractivity contribution in [2.45, 2.75) is 18.2 Å².